The summed E-state index contributed by atoms with van der Waals surface area (Å²) in [6, 6.07) is 6.63. The van der Waals surface area contributed by atoms with E-state index < -0.39 is 0 Å². The molecule has 8 nitrogen and oxygen atoms in total. The maximum Gasteiger partial charge on any atom is 0.344 e. The number of carbonyl (C=O) groups excluding carboxylic acids is 2. The highest BCUT2D eigenvalue weighted by atomic mass is 16.2. The van der Waals surface area contributed by atoms with Crippen molar-refractivity contribution >= 4 is 23.3 Å². The predicted octanol–water partition coefficient (Wildman–Crippen LogP) is 2.56. The van der Waals surface area contributed by atoms with Crippen LogP contribution in [-0.4, -0.2) is 77.8 Å². The van der Waals surface area contributed by atoms with Gasteiger partial charge in [0.25, 0.3) is 0 Å². The summed E-state index contributed by atoms with van der Waals surface area (Å²) in [5, 5.41) is 4.16. The van der Waals surface area contributed by atoms with Gasteiger partial charge in [-0.1, -0.05) is 12.1 Å². The molecule has 1 aromatic carbocycles. The van der Waals surface area contributed by atoms with Gasteiger partial charge in [-0.25, -0.2) is 4.79 Å². The molecule has 0 N–H and O–H groups in total. The number of nitrogens with zero attached hydrogens (tertiary/aromatic N) is 6. The summed E-state index contributed by atoms with van der Waals surface area (Å²) >= 11 is 0. The van der Waals surface area contributed by atoms with Gasteiger partial charge in [0.1, 0.15) is 0 Å². The molecule has 31 heavy (non-hydrogen) atoms. The lowest BCUT2D eigenvalue weighted by Gasteiger charge is -2.35. The number of carbonyl (C=O) groups is 2. The van der Waals surface area contributed by atoms with E-state index in [0.29, 0.717) is 18.8 Å². The molecule has 0 spiro atoms. The summed E-state index contributed by atoms with van der Waals surface area (Å²) in [5.41, 5.74) is 4.66. The van der Waals surface area contributed by atoms with E-state index in [1.807, 2.05) is 4.90 Å². The van der Waals surface area contributed by atoms with Crippen molar-refractivity contribution in [3.05, 3.63) is 41.7 Å². The van der Waals surface area contributed by atoms with E-state index in [4.69, 9.17) is 0 Å². The Morgan fingerprint density at radius 2 is 1.77 bits per heavy atom. The number of piperazine rings is 1. The molecule has 0 saturated carbocycles. The Balaban J connectivity index is 1.36. The van der Waals surface area contributed by atoms with Gasteiger partial charge < -0.3 is 14.7 Å². The summed E-state index contributed by atoms with van der Waals surface area (Å²) < 4.78 is 1.33. The molecule has 0 atom stereocenters. The average molecular weight is 425 g/mol. The molecular formula is C23H32N6O2. The van der Waals surface area contributed by atoms with Gasteiger partial charge in [-0.05, 0) is 37.0 Å². The second-order valence-corrected chi connectivity index (χ2v) is 8.59. The van der Waals surface area contributed by atoms with E-state index >= 15 is 0 Å². The summed E-state index contributed by atoms with van der Waals surface area (Å²) in [6.45, 7) is 9.84. The van der Waals surface area contributed by atoms with Gasteiger partial charge in [0.15, 0.2) is 0 Å². The monoisotopic (exact) mass is 424 g/mol. The maximum atomic E-state index is 12.8. The fourth-order valence-corrected chi connectivity index (χ4v) is 4.32. The van der Waals surface area contributed by atoms with Crippen molar-refractivity contribution in [2.45, 2.75) is 33.2 Å². The van der Waals surface area contributed by atoms with Crippen molar-refractivity contribution in [1.82, 2.24) is 19.6 Å². The highest BCUT2D eigenvalue weighted by molar-refractivity contribution is 5.91. The van der Waals surface area contributed by atoms with Crippen LogP contribution in [0.25, 0.3) is 0 Å². The standard InChI is InChI=1S/C23H32N6O2/c1-18-6-7-20(22(14-18)27-8-4-5-9-27)16-26-10-12-28(13-11-26)23(31)29-17-21(15-24-29)25(3)19(2)30/h6-7,14-15,17H,4-5,8-13,16H2,1-3H3. The van der Waals surface area contributed by atoms with Crippen LogP contribution in [0.4, 0.5) is 16.2 Å². The summed E-state index contributed by atoms with van der Waals surface area (Å²) in [7, 11) is 1.68. The number of hydrogen-bond acceptors (Lipinski definition) is 5. The number of amides is 2. The number of anilines is 2. The first-order valence-electron chi connectivity index (χ1n) is 11.1. The molecule has 3 heterocycles. The zero-order chi connectivity index (χ0) is 22.0. The molecule has 0 bridgehead atoms. The van der Waals surface area contributed by atoms with E-state index in [0.717, 1.165) is 32.7 Å². The molecule has 8 heteroatoms. The van der Waals surface area contributed by atoms with Crippen molar-refractivity contribution < 1.29 is 9.59 Å². The zero-order valence-electron chi connectivity index (χ0n) is 18.8. The van der Waals surface area contributed by atoms with Crippen LogP contribution in [0.3, 0.4) is 0 Å². The third-order valence-electron chi connectivity index (χ3n) is 6.35. The molecule has 2 saturated heterocycles. The third-order valence-corrected chi connectivity index (χ3v) is 6.35. The van der Waals surface area contributed by atoms with Crippen molar-refractivity contribution in [2.24, 2.45) is 0 Å². The van der Waals surface area contributed by atoms with Gasteiger partial charge in [-0.3, -0.25) is 9.69 Å². The van der Waals surface area contributed by atoms with E-state index in [2.05, 4.69) is 40.0 Å². The Bertz CT molecular complexity index is 941. The van der Waals surface area contributed by atoms with E-state index in [9.17, 15) is 9.59 Å². The van der Waals surface area contributed by atoms with Gasteiger partial charge in [0, 0.05) is 65.5 Å². The quantitative estimate of drug-likeness (QED) is 0.755. The number of benzene rings is 1. The first-order valence-corrected chi connectivity index (χ1v) is 11.1. The molecule has 2 aliphatic rings. The predicted molar refractivity (Wildman–Crippen MR) is 122 cm³/mol. The highest BCUT2D eigenvalue weighted by Gasteiger charge is 2.25. The smallest absolute Gasteiger partial charge is 0.344 e. The van der Waals surface area contributed by atoms with Gasteiger partial charge in [-0.15, -0.1) is 0 Å². The van der Waals surface area contributed by atoms with Crippen LogP contribution in [0, 0.1) is 6.92 Å². The molecule has 0 aliphatic carbocycles. The Hall–Kier alpha value is -2.87. The van der Waals surface area contributed by atoms with Crippen LogP contribution >= 0.6 is 0 Å². The molecule has 2 aromatic rings. The molecule has 2 fully saturated rings. The topological polar surface area (TPSA) is 64.9 Å². The second-order valence-electron chi connectivity index (χ2n) is 8.59. The minimum atomic E-state index is -0.143. The van der Waals surface area contributed by atoms with Crippen molar-refractivity contribution in [2.75, 3.05) is 56.1 Å². The lowest BCUT2D eigenvalue weighted by Crippen LogP contribution is -2.49. The van der Waals surface area contributed by atoms with Crippen molar-refractivity contribution in [1.29, 1.82) is 0 Å². The van der Waals surface area contributed by atoms with Gasteiger partial charge in [0.2, 0.25) is 5.91 Å². The van der Waals surface area contributed by atoms with E-state index in [1.54, 1.807) is 19.4 Å². The second kappa shape index (κ2) is 9.09. The van der Waals surface area contributed by atoms with Gasteiger partial charge >= 0.3 is 6.03 Å². The summed E-state index contributed by atoms with van der Waals surface area (Å²) in [4.78, 5) is 32.6. The fourth-order valence-electron chi connectivity index (χ4n) is 4.32. The molecule has 2 aliphatic heterocycles. The largest absolute Gasteiger partial charge is 0.371 e. The van der Waals surface area contributed by atoms with Crippen molar-refractivity contribution in [3.63, 3.8) is 0 Å². The number of aromatic nitrogens is 2. The minimum Gasteiger partial charge on any atom is -0.371 e. The minimum absolute atomic E-state index is 0.0926. The Kier molecular flexibility index (Phi) is 6.27. The Labute approximate surface area is 184 Å². The molecule has 166 valence electrons. The number of aryl methyl sites for hydroxylation is 1. The molecule has 0 unspecified atom stereocenters. The van der Waals surface area contributed by atoms with E-state index in [1.165, 1.54) is 46.2 Å². The summed E-state index contributed by atoms with van der Waals surface area (Å²) in [5.74, 6) is -0.0926. The third kappa shape index (κ3) is 4.74. The molecular weight excluding hydrogens is 392 g/mol. The van der Waals surface area contributed by atoms with Crippen LogP contribution in [-0.2, 0) is 11.3 Å². The van der Waals surface area contributed by atoms with Gasteiger partial charge in [0.05, 0.1) is 18.1 Å². The van der Waals surface area contributed by atoms with Crippen LogP contribution in [0.1, 0.15) is 30.9 Å². The number of rotatable bonds is 4. The van der Waals surface area contributed by atoms with Crippen LogP contribution in [0.2, 0.25) is 0 Å². The highest BCUT2D eigenvalue weighted by Crippen LogP contribution is 2.27. The molecule has 0 radical (unpaired) electrons. The van der Waals surface area contributed by atoms with E-state index in [-0.39, 0.29) is 11.9 Å². The van der Waals surface area contributed by atoms with Crippen LogP contribution in [0.15, 0.2) is 30.6 Å². The average Bonchev–Trinajstić information content (AvgIpc) is 3.47. The first-order chi connectivity index (χ1) is 14.9. The Morgan fingerprint density at radius 3 is 2.45 bits per heavy atom. The SMILES string of the molecule is CC(=O)N(C)c1cnn(C(=O)N2CCN(Cc3ccc(C)cc3N3CCCC3)CC2)c1. The van der Waals surface area contributed by atoms with Gasteiger partial charge in [-0.2, -0.15) is 9.78 Å². The molecule has 4 rings (SSSR count). The Morgan fingerprint density at radius 1 is 1.06 bits per heavy atom. The normalized spacial score (nSPS) is 17.3. The zero-order valence-corrected chi connectivity index (χ0v) is 18.8. The molecule has 2 amide bonds. The lowest BCUT2D eigenvalue weighted by atomic mass is 10.1. The first kappa shape index (κ1) is 21.4. The van der Waals surface area contributed by atoms with Crippen LogP contribution in [0.5, 0.6) is 0 Å². The maximum absolute atomic E-state index is 12.8. The summed E-state index contributed by atoms with van der Waals surface area (Å²) in [6.07, 6.45) is 5.70. The fraction of sp³-hybridized carbons (Fsp3) is 0.522. The van der Waals surface area contributed by atoms with Crippen molar-refractivity contribution in [3.8, 4) is 0 Å². The molecule has 1 aromatic heterocycles. The number of hydrogen-bond donors (Lipinski definition) is 0. The lowest BCUT2D eigenvalue weighted by molar-refractivity contribution is -0.116. The van der Waals surface area contributed by atoms with Crippen LogP contribution < -0.4 is 9.80 Å².